The number of aromatic nitrogens is 1. The van der Waals surface area contributed by atoms with E-state index in [-0.39, 0.29) is 34.3 Å². The van der Waals surface area contributed by atoms with Gasteiger partial charge in [-0.1, -0.05) is 54.6 Å². The first kappa shape index (κ1) is 20.1. The largest absolute Gasteiger partial charge is 0.449 e. The van der Waals surface area contributed by atoms with Crippen molar-refractivity contribution in [2.24, 2.45) is 5.73 Å². The molecule has 0 radical (unpaired) electrons. The lowest BCUT2D eigenvalue weighted by Gasteiger charge is -2.38. The van der Waals surface area contributed by atoms with Crippen LogP contribution in [0.15, 0.2) is 80.9 Å². The molecule has 5 nitrogen and oxygen atoms in total. The normalized spacial score (nSPS) is 14.7. The second-order valence-electron chi connectivity index (χ2n) is 7.64. The zero-order valence-electron chi connectivity index (χ0n) is 16.2. The van der Waals surface area contributed by atoms with Gasteiger partial charge in [0.15, 0.2) is 0 Å². The monoisotopic (exact) mass is 420 g/mol. The van der Waals surface area contributed by atoms with Crippen LogP contribution in [0.5, 0.6) is 0 Å². The number of fused-ring (bicyclic) bond motifs is 1. The highest BCUT2D eigenvalue weighted by molar-refractivity contribution is 5.88. The molecule has 0 aliphatic heterocycles. The van der Waals surface area contributed by atoms with Crippen LogP contribution in [0.25, 0.3) is 33.4 Å². The van der Waals surface area contributed by atoms with Crippen LogP contribution in [0.2, 0.25) is 0 Å². The van der Waals surface area contributed by atoms with E-state index >= 15 is 0 Å². The van der Waals surface area contributed by atoms with Crippen LogP contribution in [-0.2, 0) is 5.54 Å². The number of halogens is 1. The topological polar surface area (TPSA) is 89.1 Å². The number of aromatic amines is 1. The summed E-state index contributed by atoms with van der Waals surface area (Å²) in [5, 5.41) is 0.266. The predicted octanol–water partition coefficient (Wildman–Crippen LogP) is 4.58. The molecule has 2 aromatic heterocycles. The van der Waals surface area contributed by atoms with Crippen molar-refractivity contribution in [2.45, 2.75) is 24.8 Å². The molecule has 0 unspecified atom stereocenters. The second kappa shape index (κ2) is 7.59. The predicted molar refractivity (Wildman–Crippen MR) is 121 cm³/mol. The van der Waals surface area contributed by atoms with Crippen molar-refractivity contribution in [1.29, 1.82) is 0 Å². The van der Waals surface area contributed by atoms with Crippen LogP contribution in [-0.4, -0.2) is 4.98 Å². The number of nitrogens with two attached hydrogens (primary N) is 1. The molecule has 1 fully saturated rings. The minimum absolute atomic E-state index is 0. The summed E-state index contributed by atoms with van der Waals surface area (Å²) >= 11 is 0. The molecule has 0 amide bonds. The molecule has 2 aromatic carbocycles. The number of H-pyrrole nitrogens is 1. The lowest BCUT2D eigenvalue weighted by Crippen LogP contribution is -2.43. The Hall–Kier alpha value is -3.15. The second-order valence-corrected chi connectivity index (χ2v) is 7.64. The number of rotatable bonds is 3. The van der Waals surface area contributed by atoms with E-state index in [1.165, 1.54) is 6.20 Å². The molecule has 1 aliphatic rings. The van der Waals surface area contributed by atoms with Crippen LogP contribution in [0, 0.1) is 0 Å². The molecule has 0 spiro atoms. The van der Waals surface area contributed by atoms with E-state index in [2.05, 4.69) is 4.98 Å². The molecule has 30 heavy (non-hydrogen) atoms. The molecule has 152 valence electrons. The van der Waals surface area contributed by atoms with Gasteiger partial charge in [0.2, 0.25) is 11.0 Å². The average Bonchev–Trinajstić information content (AvgIpc) is 2.73. The van der Waals surface area contributed by atoms with Crippen molar-refractivity contribution < 1.29 is 4.42 Å². The molecule has 0 atom stereocenters. The fourth-order valence-electron chi connectivity index (χ4n) is 4.01. The summed E-state index contributed by atoms with van der Waals surface area (Å²) in [5.41, 5.74) is 8.56. The third-order valence-corrected chi connectivity index (χ3v) is 5.85. The van der Waals surface area contributed by atoms with E-state index in [1.54, 1.807) is 6.07 Å². The number of pyridine rings is 1. The Balaban J connectivity index is 0.00000218. The van der Waals surface area contributed by atoms with Crippen molar-refractivity contribution in [2.75, 3.05) is 0 Å². The highest BCUT2D eigenvalue weighted by Crippen LogP contribution is 2.39. The SMILES string of the molecule is Cl.NC1(c2ccc(-c3c(-c4ccccc4)oc4c(=O)[nH]ccc4c3=O)cc2)CCC1. The zero-order valence-corrected chi connectivity index (χ0v) is 17.0. The van der Waals surface area contributed by atoms with Gasteiger partial charge in [-0.15, -0.1) is 12.4 Å². The first-order chi connectivity index (χ1) is 14.1. The fourth-order valence-corrected chi connectivity index (χ4v) is 4.01. The minimum atomic E-state index is -0.422. The van der Waals surface area contributed by atoms with Gasteiger partial charge < -0.3 is 15.1 Å². The van der Waals surface area contributed by atoms with Gasteiger partial charge in [0.05, 0.1) is 10.9 Å². The lowest BCUT2D eigenvalue weighted by atomic mass is 9.72. The summed E-state index contributed by atoms with van der Waals surface area (Å²) in [6, 6.07) is 18.8. The van der Waals surface area contributed by atoms with Crippen LogP contribution in [0.1, 0.15) is 24.8 Å². The van der Waals surface area contributed by atoms with E-state index in [1.807, 2.05) is 54.6 Å². The third-order valence-electron chi connectivity index (χ3n) is 5.85. The van der Waals surface area contributed by atoms with Gasteiger partial charge in [-0.25, -0.2) is 0 Å². The number of hydrogen-bond acceptors (Lipinski definition) is 4. The Labute approximate surface area is 179 Å². The Kier molecular flexibility index (Phi) is 5.10. The van der Waals surface area contributed by atoms with Crippen LogP contribution in [0.3, 0.4) is 0 Å². The maximum Gasteiger partial charge on any atom is 0.291 e. The molecular formula is C24H21ClN2O3. The Bertz CT molecular complexity index is 1320. The molecule has 4 aromatic rings. The maximum atomic E-state index is 13.4. The molecule has 1 saturated carbocycles. The van der Waals surface area contributed by atoms with E-state index in [9.17, 15) is 9.59 Å². The summed E-state index contributed by atoms with van der Waals surface area (Å²) < 4.78 is 6.01. The van der Waals surface area contributed by atoms with Gasteiger partial charge in [0.1, 0.15) is 5.76 Å². The molecule has 0 saturated heterocycles. The zero-order chi connectivity index (χ0) is 20.0. The van der Waals surface area contributed by atoms with Crippen molar-refractivity contribution in [1.82, 2.24) is 4.98 Å². The van der Waals surface area contributed by atoms with E-state index in [4.69, 9.17) is 10.2 Å². The van der Waals surface area contributed by atoms with Crippen LogP contribution < -0.4 is 16.7 Å². The van der Waals surface area contributed by atoms with Crippen LogP contribution >= 0.6 is 12.4 Å². The molecule has 6 heteroatoms. The van der Waals surface area contributed by atoms with Gasteiger partial charge >= 0.3 is 0 Å². The minimum Gasteiger partial charge on any atom is -0.449 e. The number of benzene rings is 2. The molecule has 1 aliphatic carbocycles. The van der Waals surface area contributed by atoms with E-state index < -0.39 is 5.56 Å². The first-order valence-electron chi connectivity index (χ1n) is 9.71. The quantitative estimate of drug-likeness (QED) is 0.507. The summed E-state index contributed by atoms with van der Waals surface area (Å²) in [6.45, 7) is 0. The van der Waals surface area contributed by atoms with Crippen molar-refractivity contribution in [3.8, 4) is 22.5 Å². The smallest absolute Gasteiger partial charge is 0.291 e. The highest BCUT2D eigenvalue weighted by Gasteiger charge is 2.34. The molecule has 3 N–H and O–H groups in total. The fraction of sp³-hybridized carbons (Fsp3) is 0.167. The average molecular weight is 421 g/mol. The van der Waals surface area contributed by atoms with Gasteiger partial charge in [0, 0.05) is 17.3 Å². The first-order valence-corrected chi connectivity index (χ1v) is 9.71. The summed E-state index contributed by atoms with van der Waals surface area (Å²) in [4.78, 5) is 28.2. The molecule has 5 rings (SSSR count). The number of hydrogen-bond donors (Lipinski definition) is 2. The Morgan fingerprint density at radius 2 is 1.60 bits per heavy atom. The Morgan fingerprint density at radius 3 is 2.23 bits per heavy atom. The van der Waals surface area contributed by atoms with Crippen molar-refractivity contribution in [3.05, 3.63) is 93.0 Å². The maximum absolute atomic E-state index is 13.4. The standard InChI is InChI=1S/C24H20N2O3.ClH/c25-24(12-4-13-24)17-9-7-15(8-10-17)19-20(27)18-11-14-26-23(28)22(18)29-21(19)16-5-2-1-3-6-16;/h1-3,5-11,14H,4,12-13,25H2,(H,26,28);1H. The highest BCUT2D eigenvalue weighted by atomic mass is 35.5. The molecule has 2 heterocycles. The number of nitrogens with one attached hydrogen (secondary N) is 1. The summed E-state index contributed by atoms with van der Waals surface area (Å²) in [5.74, 6) is 0.388. The van der Waals surface area contributed by atoms with Gasteiger partial charge in [-0.3, -0.25) is 9.59 Å². The third kappa shape index (κ3) is 3.16. The van der Waals surface area contributed by atoms with Crippen LogP contribution in [0.4, 0.5) is 0 Å². The van der Waals surface area contributed by atoms with E-state index in [0.717, 1.165) is 36.0 Å². The van der Waals surface area contributed by atoms with Crippen molar-refractivity contribution >= 4 is 23.4 Å². The molecular weight excluding hydrogens is 400 g/mol. The van der Waals surface area contributed by atoms with Gasteiger partial charge in [0.25, 0.3) is 5.56 Å². The van der Waals surface area contributed by atoms with Crippen molar-refractivity contribution in [3.63, 3.8) is 0 Å². The van der Waals surface area contributed by atoms with Gasteiger partial charge in [-0.2, -0.15) is 0 Å². The molecule has 0 bridgehead atoms. The summed E-state index contributed by atoms with van der Waals surface area (Å²) in [6.07, 6.45) is 4.55. The summed E-state index contributed by atoms with van der Waals surface area (Å²) in [7, 11) is 0. The van der Waals surface area contributed by atoms with E-state index in [0.29, 0.717) is 11.3 Å². The Morgan fingerprint density at radius 1 is 0.900 bits per heavy atom. The van der Waals surface area contributed by atoms with Gasteiger partial charge in [-0.05, 0) is 36.5 Å². The lowest BCUT2D eigenvalue weighted by molar-refractivity contribution is 0.253.